The zero-order chi connectivity index (χ0) is 22.5. The van der Waals surface area contributed by atoms with Crippen molar-refractivity contribution < 1.29 is 14.3 Å². The maximum absolute atomic E-state index is 12.9. The molecule has 0 unspecified atom stereocenters. The highest BCUT2D eigenvalue weighted by molar-refractivity contribution is 5.92. The van der Waals surface area contributed by atoms with Gasteiger partial charge in [0.15, 0.2) is 0 Å². The summed E-state index contributed by atoms with van der Waals surface area (Å²) in [5.41, 5.74) is 5.86. The molecule has 0 spiro atoms. The quantitative estimate of drug-likeness (QED) is 0.523. The van der Waals surface area contributed by atoms with Crippen LogP contribution in [0.1, 0.15) is 59.4 Å². The van der Waals surface area contributed by atoms with E-state index in [0.29, 0.717) is 25.1 Å². The normalized spacial score (nSPS) is 15.1. The second-order valence-electron chi connectivity index (χ2n) is 8.23. The Bertz CT molecular complexity index is 1100. The van der Waals surface area contributed by atoms with Gasteiger partial charge in [0.1, 0.15) is 0 Å². The molecule has 0 bridgehead atoms. The van der Waals surface area contributed by atoms with Crippen LogP contribution in [0, 0.1) is 6.92 Å². The SMILES string of the molecule is CCOC(=O)c1cc(-c2ccccc2)n(CCC(=O)N[C@@H]2CCCc3ccccc32)c1C. The van der Waals surface area contributed by atoms with Crippen LogP contribution in [0.3, 0.4) is 0 Å². The molecule has 5 heteroatoms. The van der Waals surface area contributed by atoms with Crippen molar-refractivity contribution in [2.24, 2.45) is 0 Å². The third-order valence-corrected chi connectivity index (χ3v) is 6.20. The van der Waals surface area contributed by atoms with Crippen molar-refractivity contribution in [2.45, 2.75) is 52.1 Å². The molecule has 1 aromatic heterocycles. The number of fused-ring (bicyclic) bond motifs is 1. The Kier molecular flexibility index (Phi) is 6.74. The molecule has 0 saturated heterocycles. The van der Waals surface area contributed by atoms with Crippen molar-refractivity contribution in [2.75, 3.05) is 6.61 Å². The number of hydrogen-bond acceptors (Lipinski definition) is 3. The van der Waals surface area contributed by atoms with E-state index in [2.05, 4.69) is 28.1 Å². The number of aromatic nitrogens is 1. The summed E-state index contributed by atoms with van der Waals surface area (Å²) in [7, 11) is 0. The largest absolute Gasteiger partial charge is 0.462 e. The summed E-state index contributed by atoms with van der Waals surface area (Å²) in [4.78, 5) is 25.3. The first kappa shape index (κ1) is 21.9. The number of benzene rings is 2. The van der Waals surface area contributed by atoms with Crippen LogP contribution in [0.5, 0.6) is 0 Å². The highest BCUT2D eigenvalue weighted by Gasteiger charge is 2.23. The van der Waals surface area contributed by atoms with Gasteiger partial charge in [0.2, 0.25) is 5.91 Å². The van der Waals surface area contributed by atoms with E-state index in [9.17, 15) is 9.59 Å². The van der Waals surface area contributed by atoms with Crippen LogP contribution < -0.4 is 5.32 Å². The van der Waals surface area contributed by atoms with Crippen LogP contribution in [0.25, 0.3) is 11.3 Å². The fraction of sp³-hybridized carbons (Fsp3) is 0.333. The molecule has 1 heterocycles. The van der Waals surface area contributed by atoms with E-state index in [-0.39, 0.29) is 17.9 Å². The number of carbonyl (C=O) groups excluding carboxylic acids is 2. The van der Waals surface area contributed by atoms with E-state index >= 15 is 0 Å². The Morgan fingerprint density at radius 3 is 2.62 bits per heavy atom. The molecular formula is C27H30N2O3. The zero-order valence-corrected chi connectivity index (χ0v) is 18.8. The number of amides is 1. The zero-order valence-electron chi connectivity index (χ0n) is 18.8. The van der Waals surface area contributed by atoms with E-state index in [1.807, 2.05) is 49.4 Å². The van der Waals surface area contributed by atoms with Crippen LogP contribution in [-0.4, -0.2) is 23.1 Å². The lowest BCUT2D eigenvalue weighted by molar-refractivity contribution is -0.122. The molecule has 2 aromatic carbocycles. The second kappa shape index (κ2) is 9.86. The third kappa shape index (κ3) is 4.62. The van der Waals surface area contributed by atoms with E-state index < -0.39 is 0 Å². The lowest BCUT2D eigenvalue weighted by atomic mass is 9.87. The monoisotopic (exact) mass is 430 g/mol. The van der Waals surface area contributed by atoms with E-state index in [1.165, 1.54) is 11.1 Å². The molecule has 1 aliphatic carbocycles. The Labute approximate surface area is 189 Å². The summed E-state index contributed by atoms with van der Waals surface area (Å²) >= 11 is 0. The van der Waals surface area contributed by atoms with E-state index in [4.69, 9.17) is 4.74 Å². The number of esters is 1. The van der Waals surface area contributed by atoms with Crippen molar-refractivity contribution in [3.05, 3.63) is 83.0 Å². The minimum Gasteiger partial charge on any atom is -0.462 e. The molecule has 0 aliphatic heterocycles. The van der Waals surface area contributed by atoms with Gasteiger partial charge in [0.25, 0.3) is 0 Å². The highest BCUT2D eigenvalue weighted by atomic mass is 16.5. The van der Waals surface area contributed by atoms with Gasteiger partial charge in [-0.1, -0.05) is 54.6 Å². The van der Waals surface area contributed by atoms with Crippen molar-refractivity contribution in [1.29, 1.82) is 0 Å². The average Bonchev–Trinajstić information content (AvgIpc) is 3.15. The smallest absolute Gasteiger partial charge is 0.339 e. The first-order valence-electron chi connectivity index (χ1n) is 11.4. The lowest BCUT2D eigenvalue weighted by Crippen LogP contribution is -2.31. The number of carbonyl (C=O) groups is 2. The van der Waals surface area contributed by atoms with Crippen LogP contribution in [-0.2, 0) is 22.5 Å². The van der Waals surface area contributed by atoms with Gasteiger partial charge < -0.3 is 14.6 Å². The van der Waals surface area contributed by atoms with E-state index in [1.54, 1.807) is 6.92 Å². The Morgan fingerprint density at radius 1 is 1.09 bits per heavy atom. The maximum Gasteiger partial charge on any atom is 0.339 e. The summed E-state index contributed by atoms with van der Waals surface area (Å²) < 4.78 is 7.29. The number of nitrogens with zero attached hydrogens (tertiary/aromatic N) is 1. The Balaban J connectivity index is 1.52. The summed E-state index contributed by atoms with van der Waals surface area (Å²) in [5, 5.41) is 3.23. The van der Waals surface area contributed by atoms with Crippen molar-refractivity contribution in [3.8, 4) is 11.3 Å². The van der Waals surface area contributed by atoms with Crippen LogP contribution in [0.15, 0.2) is 60.7 Å². The highest BCUT2D eigenvalue weighted by Crippen LogP contribution is 2.30. The number of nitrogens with one attached hydrogen (secondary N) is 1. The molecule has 1 atom stereocenters. The number of rotatable bonds is 7. The van der Waals surface area contributed by atoms with Gasteiger partial charge in [0, 0.05) is 24.4 Å². The minimum atomic E-state index is -0.329. The topological polar surface area (TPSA) is 60.3 Å². The first-order valence-corrected chi connectivity index (χ1v) is 11.4. The van der Waals surface area contributed by atoms with Gasteiger partial charge in [-0.3, -0.25) is 4.79 Å². The molecule has 3 aromatic rings. The van der Waals surface area contributed by atoms with Gasteiger partial charge in [-0.15, -0.1) is 0 Å². The Morgan fingerprint density at radius 2 is 1.84 bits per heavy atom. The molecule has 4 rings (SSSR count). The summed E-state index contributed by atoms with van der Waals surface area (Å²) in [6.07, 6.45) is 3.46. The molecule has 0 radical (unpaired) electrons. The second-order valence-corrected chi connectivity index (χ2v) is 8.23. The third-order valence-electron chi connectivity index (χ3n) is 6.20. The summed E-state index contributed by atoms with van der Waals surface area (Å²) in [6, 6.07) is 20.2. The molecule has 166 valence electrons. The van der Waals surface area contributed by atoms with Crippen molar-refractivity contribution in [1.82, 2.24) is 9.88 Å². The number of hydrogen-bond donors (Lipinski definition) is 1. The van der Waals surface area contributed by atoms with Gasteiger partial charge >= 0.3 is 5.97 Å². The fourth-order valence-corrected chi connectivity index (χ4v) is 4.58. The standard InChI is InChI=1S/C27H30N2O3/c1-3-32-27(31)23-18-25(21-11-5-4-6-12-21)29(19(23)2)17-16-26(30)28-24-15-9-13-20-10-7-8-14-22(20)24/h4-8,10-12,14,18,24H,3,9,13,15-17H2,1-2H3,(H,28,30)/t24-/m1/s1. The van der Waals surface area contributed by atoms with Gasteiger partial charge in [0.05, 0.1) is 18.2 Å². The van der Waals surface area contributed by atoms with Crippen LogP contribution in [0.2, 0.25) is 0 Å². The minimum absolute atomic E-state index is 0.0245. The molecule has 0 fully saturated rings. The molecule has 1 amide bonds. The summed E-state index contributed by atoms with van der Waals surface area (Å²) in [5.74, 6) is -0.305. The molecule has 1 aliphatic rings. The van der Waals surface area contributed by atoms with Gasteiger partial charge in [-0.05, 0) is 55.9 Å². The maximum atomic E-state index is 12.9. The lowest BCUT2D eigenvalue weighted by Gasteiger charge is -2.26. The molecule has 5 nitrogen and oxygen atoms in total. The van der Waals surface area contributed by atoms with Gasteiger partial charge in [-0.25, -0.2) is 4.79 Å². The summed E-state index contributed by atoms with van der Waals surface area (Å²) in [6.45, 7) is 4.54. The number of aryl methyl sites for hydroxylation is 1. The van der Waals surface area contributed by atoms with Crippen LogP contribution in [0.4, 0.5) is 0 Å². The Hall–Kier alpha value is -3.34. The molecular weight excluding hydrogens is 400 g/mol. The molecule has 0 saturated carbocycles. The van der Waals surface area contributed by atoms with E-state index in [0.717, 1.165) is 36.2 Å². The fourth-order valence-electron chi connectivity index (χ4n) is 4.58. The molecule has 32 heavy (non-hydrogen) atoms. The molecule has 1 N–H and O–H groups in total. The van der Waals surface area contributed by atoms with Crippen LogP contribution >= 0.6 is 0 Å². The average molecular weight is 431 g/mol. The first-order chi connectivity index (χ1) is 15.6. The predicted molar refractivity (Wildman–Crippen MR) is 125 cm³/mol. The van der Waals surface area contributed by atoms with Crippen molar-refractivity contribution in [3.63, 3.8) is 0 Å². The van der Waals surface area contributed by atoms with Crippen molar-refractivity contribution >= 4 is 11.9 Å². The van der Waals surface area contributed by atoms with Gasteiger partial charge in [-0.2, -0.15) is 0 Å². The predicted octanol–water partition coefficient (Wildman–Crippen LogP) is 5.22. The number of ether oxygens (including phenoxy) is 1.